The summed E-state index contributed by atoms with van der Waals surface area (Å²) < 4.78 is 0. The maximum absolute atomic E-state index is 10.4. The Kier molecular flexibility index (Phi) is 2.97. The van der Waals surface area contributed by atoms with Crippen LogP contribution in [0.15, 0.2) is 29.3 Å². The van der Waals surface area contributed by atoms with Gasteiger partial charge >= 0.3 is 0 Å². The molecule has 78 valence electrons. The van der Waals surface area contributed by atoms with E-state index in [1.54, 1.807) is 0 Å². The molecule has 0 heterocycles. The zero-order valence-electron chi connectivity index (χ0n) is 7.41. The van der Waals surface area contributed by atoms with Crippen LogP contribution >= 0.6 is 0 Å². The van der Waals surface area contributed by atoms with Crippen molar-refractivity contribution in [2.24, 2.45) is 10.7 Å². The van der Waals surface area contributed by atoms with Gasteiger partial charge in [0.25, 0.3) is 5.69 Å². The highest BCUT2D eigenvalue weighted by molar-refractivity contribution is 6.02. The number of nitrogens with zero attached hydrogens (tertiary/aromatic N) is 2. The molecule has 0 aliphatic carbocycles. The summed E-state index contributed by atoms with van der Waals surface area (Å²) >= 11 is 0. The number of carboxylic acid groups (broad SMARTS) is 1. The van der Waals surface area contributed by atoms with Gasteiger partial charge in [0.05, 0.1) is 4.92 Å². The summed E-state index contributed by atoms with van der Waals surface area (Å²) in [5.74, 6) is -0.335. The molecule has 15 heavy (non-hydrogen) atoms. The Balaban J connectivity index is 3.11. The van der Waals surface area contributed by atoms with Gasteiger partial charge in [0.1, 0.15) is 5.84 Å². The Morgan fingerprint density at radius 2 is 2.13 bits per heavy atom. The van der Waals surface area contributed by atoms with Gasteiger partial charge in [-0.2, -0.15) is 0 Å². The van der Waals surface area contributed by atoms with Crippen molar-refractivity contribution in [2.45, 2.75) is 0 Å². The number of nitro groups is 1. The first-order valence-electron chi connectivity index (χ1n) is 3.80. The molecule has 0 saturated heterocycles. The van der Waals surface area contributed by atoms with Crippen molar-refractivity contribution in [1.29, 1.82) is 0 Å². The van der Waals surface area contributed by atoms with Gasteiger partial charge in [-0.1, -0.05) is 12.1 Å². The van der Waals surface area contributed by atoms with E-state index in [4.69, 9.17) is 5.73 Å². The van der Waals surface area contributed by atoms with Gasteiger partial charge in [0.15, 0.2) is 6.09 Å². The van der Waals surface area contributed by atoms with E-state index < -0.39 is 11.0 Å². The minimum absolute atomic E-state index is 0.161. The van der Waals surface area contributed by atoms with Crippen LogP contribution in [-0.4, -0.2) is 16.9 Å². The van der Waals surface area contributed by atoms with Crippen LogP contribution in [0, 0.1) is 10.1 Å². The zero-order valence-corrected chi connectivity index (χ0v) is 7.41. The molecule has 7 nitrogen and oxygen atoms in total. The Bertz CT molecular complexity index is 441. The number of nitro benzene ring substituents is 1. The third-order valence-electron chi connectivity index (χ3n) is 1.56. The number of aliphatic imine (C=N–C) groups is 1. The Hall–Kier alpha value is -2.44. The number of hydrogen-bond donors (Lipinski definition) is 1. The highest BCUT2D eigenvalue weighted by Crippen LogP contribution is 2.12. The molecule has 1 amide bonds. The second-order valence-electron chi connectivity index (χ2n) is 2.57. The lowest BCUT2D eigenvalue weighted by molar-refractivity contribution is -0.384. The molecule has 2 N–H and O–H groups in total. The van der Waals surface area contributed by atoms with E-state index in [2.05, 4.69) is 4.99 Å². The second-order valence-corrected chi connectivity index (χ2v) is 2.57. The van der Waals surface area contributed by atoms with E-state index in [1.165, 1.54) is 18.2 Å². The third-order valence-corrected chi connectivity index (χ3v) is 1.56. The molecule has 1 rings (SSSR count). The van der Waals surface area contributed by atoms with Gasteiger partial charge in [-0.3, -0.25) is 10.1 Å². The van der Waals surface area contributed by atoms with Crippen LogP contribution in [0.25, 0.3) is 0 Å². The van der Waals surface area contributed by atoms with E-state index in [9.17, 15) is 20.0 Å². The molecule has 0 aliphatic rings. The van der Waals surface area contributed by atoms with Crippen LogP contribution in [-0.2, 0) is 0 Å². The lowest BCUT2D eigenvalue weighted by Gasteiger charge is -2.00. The van der Waals surface area contributed by atoms with Crippen LogP contribution in [0.1, 0.15) is 5.56 Å². The molecule has 7 heteroatoms. The average Bonchev–Trinajstić information content (AvgIpc) is 2.17. The zero-order chi connectivity index (χ0) is 11.4. The van der Waals surface area contributed by atoms with Crippen molar-refractivity contribution in [1.82, 2.24) is 0 Å². The standard InChI is InChI=1S/C8H7N3O4/c9-7(10-8(12)13)5-2-1-3-6(4-5)11(14)15/h1-4H,(H2,9,10)(H,12,13)/p-1. The first-order valence-corrected chi connectivity index (χ1v) is 3.80. The lowest BCUT2D eigenvalue weighted by atomic mass is 10.2. The van der Waals surface area contributed by atoms with E-state index in [0.717, 1.165) is 6.07 Å². The van der Waals surface area contributed by atoms with E-state index >= 15 is 0 Å². The van der Waals surface area contributed by atoms with E-state index in [1.807, 2.05) is 0 Å². The Morgan fingerprint density at radius 1 is 1.47 bits per heavy atom. The number of carbonyl (C=O) groups is 1. The van der Waals surface area contributed by atoms with E-state index in [-0.39, 0.29) is 17.1 Å². The highest BCUT2D eigenvalue weighted by atomic mass is 16.6. The van der Waals surface area contributed by atoms with Crippen LogP contribution < -0.4 is 10.8 Å². The molecule has 0 atom stereocenters. The largest absolute Gasteiger partial charge is 0.528 e. The summed E-state index contributed by atoms with van der Waals surface area (Å²) in [5.41, 5.74) is 5.24. The van der Waals surface area contributed by atoms with Gasteiger partial charge in [0.2, 0.25) is 0 Å². The average molecular weight is 208 g/mol. The smallest absolute Gasteiger partial charge is 0.270 e. The number of non-ortho nitro benzene ring substituents is 1. The number of benzene rings is 1. The predicted octanol–water partition coefficient (Wildman–Crippen LogP) is -0.357. The topological polar surface area (TPSA) is 122 Å². The molecule has 1 aromatic carbocycles. The summed E-state index contributed by atoms with van der Waals surface area (Å²) in [6, 6.07) is 5.18. The fourth-order valence-corrected chi connectivity index (χ4v) is 0.942. The SMILES string of the molecule is N/C(=N/C(=O)[O-])c1cccc([N+](=O)[O-])c1. The summed E-state index contributed by atoms with van der Waals surface area (Å²) in [7, 11) is 0. The van der Waals surface area contributed by atoms with Gasteiger partial charge in [0, 0.05) is 17.7 Å². The van der Waals surface area contributed by atoms with Gasteiger partial charge in [-0.25, -0.2) is 4.99 Å². The number of carbonyl (C=O) groups excluding carboxylic acids is 1. The van der Waals surface area contributed by atoms with E-state index in [0.29, 0.717) is 0 Å². The quantitative estimate of drug-likeness (QED) is 0.308. The van der Waals surface area contributed by atoms with Gasteiger partial charge in [-0.05, 0) is 0 Å². The predicted molar refractivity (Wildman–Crippen MR) is 49.2 cm³/mol. The number of amidine groups is 1. The van der Waals surface area contributed by atoms with Crippen molar-refractivity contribution in [3.8, 4) is 0 Å². The number of hydrogen-bond acceptors (Lipinski definition) is 4. The van der Waals surface area contributed by atoms with Crippen LogP contribution in [0.2, 0.25) is 0 Å². The monoisotopic (exact) mass is 208 g/mol. The summed E-state index contributed by atoms with van der Waals surface area (Å²) in [6.45, 7) is 0. The second kappa shape index (κ2) is 4.18. The van der Waals surface area contributed by atoms with Crippen LogP contribution in [0.5, 0.6) is 0 Å². The number of amides is 1. The van der Waals surface area contributed by atoms with Crippen LogP contribution in [0.3, 0.4) is 0 Å². The lowest BCUT2D eigenvalue weighted by Crippen LogP contribution is -2.23. The molecule has 0 saturated carbocycles. The minimum atomic E-state index is -1.70. The van der Waals surface area contributed by atoms with Crippen molar-refractivity contribution in [2.75, 3.05) is 0 Å². The molecule has 1 aromatic rings. The first-order chi connectivity index (χ1) is 7.00. The maximum atomic E-state index is 10.4. The van der Waals surface area contributed by atoms with Crippen molar-refractivity contribution < 1.29 is 14.8 Å². The highest BCUT2D eigenvalue weighted by Gasteiger charge is 2.07. The molecule has 0 unspecified atom stereocenters. The fraction of sp³-hybridized carbons (Fsp3) is 0. The molecular weight excluding hydrogens is 202 g/mol. The normalized spacial score (nSPS) is 11.1. The Labute approximate surface area is 84.0 Å². The first kappa shape index (κ1) is 10.6. The van der Waals surface area contributed by atoms with Gasteiger partial charge in [-0.15, -0.1) is 0 Å². The molecular formula is C8H6N3O4-. The minimum Gasteiger partial charge on any atom is -0.528 e. The van der Waals surface area contributed by atoms with Crippen molar-refractivity contribution >= 4 is 17.6 Å². The molecule has 0 aliphatic heterocycles. The molecule has 0 aromatic heterocycles. The number of rotatable bonds is 2. The molecule has 0 fully saturated rings. The number of nitrogens with two attached hydrogens (primary N) is 1. The summed E-state index contributed by atoms with van der Waals surface area (Å²) in [4.78, 5) is 22.8. The summed E-state index contributed by atoms with van der Waals surface area (Å²) in [5, 5.41) is 20.5. The van der Waals surface area contributed by atoms with Crippen molar-refractivity contribution in [3.05, 3.63) is 39.9 Å². The molecule has 0 radical (unpaired) electrons. The maximum Gasteiger partial charge on any atom is 0.270 e. The van der Waals surface area contributed by atoms with Crippen LogP contribution in [0.4, 0.5) is 10.5 Å². The molecule has 0 bridgehead atoms. The summed E-state index contributed by atoms with van der Waals surface area (Å²) in [6.07, 6.45) is -1.70. The molecule has 0 spiro atoms. The van der Waals surface area contributed by atoms with Crippen molar-refractivity contribution in [3.63, 3.8) is 0 Å². The third kappa shape index (κ3) is 2.76. The van der Waals surface area contributed by atoms with Gasteiger partial charge < -0.3 is 15.6 Å². The Morgan fingerprint density at radius 3 is 2.67 bits per heavy atom. The fourth-order valence-electron chi connectivity index (χ4n) is 0.942.